The fraction of sp³-hybridized carbons (Fsp3) is 0.783. The van der Waals surface area contributed by atoms with Crippen LogP contribution in [0, 0.1) is 6.92 Å². The van der Waals surface area contributed by atoms with E-state index in [-0.39, 0.29) is 18.6 Å². The first-order chi connectivity index (χ1) is 16.4. The Morgan fingerprint density at radius 1 is 1.26 bits per heavy atom. The number of thioether (sulfide) groups is 1. The van der Waals surface area contributed by atoms with E-state index in [2.05, 4.69) is 21.9 Å². The van der Waals surface area contributed by atoms with Crippen LogP contribution in [0.15, 0.2) is 20.9 Å². The largest absolute Gasteiger partial charge is 0.383 e. The van der Waals surface area contributed by atoms with Gasteiger partial charge in [0.1, 0.15) is 18.4 Å². The lowest BCUT2D eigenvalue weighted by atomic mass is 9.98. The lowest BCUT2D eigenvalue weighted by Gasteiger charge is -2.21. The molecule has 4 atom stereocenters. The number of aliphatic hydroxyl groups is 1. The zero-order valence-corrected chi connectivity index (χ0v) is 21.0. The molecule has 2 rings (SSSR count). The average molecular weight is 496 g/mol. The van der Waals surface area contributed by atoms with E-state index >= 15 is 0 Å². The van der Waals surface area contributed by atoms with E-state index in [1.165, 1.54) is 48.0 Å². The van der Waals surface area contributed by atoms with Gasteiger partial charge in [0.25, 0.3) is 5.56 Å². The minimum absolute atomic E-state index is 0.113. The van der Waals surface area contributed by atoms with Gasteiger partial charge in [0.05, 0.1) is 6.04 Å². The van der Waals surface area contributed by atoms with Gasteiger partial charge in [-0.2, -0.15) is 11.8 Å². The second kappa shape index (κ2) is 15.0. The summed E-state index contributed by atoms with van der Waals surface area (Å²) in [7, 11) is 0. The molecule has 11 heteroatoms. The molecule has 0 spiro atoms. The number of aromatic amines is 1. The average Bonchev–Trinajstić information content (AvgIpc) is 3.23. The monoisotopic (exact) mass is 495 g/mol. The van der Waals surface area contributed by atoms with Gasteiger partial charge in [-0.3, -0.25) is 19.1 Å². The van der Waals surface area contributed by atoms with Crippen molar-refractivity contribution in [1.82, 2.24) is 9.55 Å². The van der Waals surface area contributed by atoms with Crippen LogP contribution in [0.4, 0.5) is 0 Å². The second-order valence-electron chi connectivity index (χ2n) is 8.73. The zero-order chi connectivity index (χ0) is 24.9. The first-order valence-corrected chi connectivity index (χ1v) is 13.3. The number of carbonyl (C=O) groups is 1. The Kier molecular flexibility index (Phi) is 12.5. The Labute approximate surface area is 204 Å². The summed E-state index contributed by atoms with van der Waals surface area (Å²) in [6.07, 6.45) is 7.19. The van der Waals surface area contributed by atoms with E-state index in [0.29, 0.717) is 12.0 Å². The van der Waals surface area contributed by atoms with Crippen molar-refractivity contribution in [2.75, 3.05) is 11.5 Å². The van der Waals surface area contributed by atoms with Crippen LogP contribution in [0.1, 0.15) is 82.9 Å². The minimum atomic E-state index is -1.44. The van der Waals surface area contributed by atoms with Gasteiger partial charge < -0.3 is 9.84 Å². The van der Waals surface area contributed by atoms with Gasteiger partial charge in [0.15, 0.2) is 5.78 Å². The summed E-state index contributed by atoms with van der Waals surface area (Å²) in [5, 5.41) is 14.3. The molecule has 34 heavy (non-hydrogen) atoms. The number of unbranched alkanes of at least 4 members (excludes halogenated alkanes) is 7. The van der Waals surface area contributed by atoms with E-state index in [1.807, 2.05) is 11.8 Å². The van der Waals surface area contributed by atoms with Crippen molar-refractivity contribution in [2.45, 2.75) is 103 Å². The number of aromatic nitrogens is 2. The highest BCUT2D eigenvalue weighted by Crippen LogP contribution is 2.32. The quantitative estimate of drug-likeness (QED) is 0.153. The molecule has 1 fully saturated rings. The molecule has 2 heterocycles. The minimum Gasteiger partial charge on any atom is -0.383 e. The third-order valence-electron chi connectivity index (χ3n) is 6.10. The van der Waals surface area contributed by atoms with Crippen molar-refractivity contribution in [1.29, 1.82) is 0 Å². The summed E-state index contributed by atoms with van der Waals surface area (Å²) >= 11 is 1.99. The molecule has 10 nitrogen and oxygen atoms in total. The molecular weight excluding hydrogens is 458 g/mol. The van der Waals surface area contributed by atoms with Crippen molar-refractivity contribution in [3.8, 4) is 0 Å². The number of azide groups is 1. The first-order valence-electron chi connectivity index (χ1n) is 12.2. The van der Waals surface area contributed by atoms with Crippen molar-refractivity contribution in [2.24, 2.45) is 5.11 Å². The molecule has 1 aliphatic heterocycles. The van der Waals surface area contributed by atoms with Gasteiger partial charge in [0, 0.05) is 29.5 Å². The number of rotatable bonds is 16. The third-order valence-corrected chi connectivity index (χ3v) is 7.09. The lowest BCUT2D eigenvalue weighted by Crippen LogP contribution is -2.39. The van der Waals surface area contributed by atoms with Gasteiger partial charge in [-0.05, 0) is 36.8 Å². The second-order valence-corrected chi connectivity index (χ2v) is 10.1. The van der Waals surface area contributed by atoms with Crippen LogP contribution in [-0.4, -0.2) is 50.2 Å². The number of aliphatic hydroxyl groups excluding tert-OH is 1. The number of aryl methyl sites for hydroxylation is 1. The summed E-state index contributed by atoms with van der Waals surface area (Å²) in [6.45, 7) is 3.74. The Balaban J connectivity index is 1.78. The molecule has 0 amide bonds. The van der Waals surface area contributed by atoms with Gasteiger partial charge in [-0.1, -0.05) is 50.6 Å². The Morgan fingerprint density at radius 3 is 2.56 bits per heavy atom. The van der Waals surface area contributed by atoms with Gasteiger partial charge in [-0.25, -0.2) is 4.79 Å². The van der Waals surface area contributed by atoms with Crippen molar-refractivity contribution in [3.63, 3.8) is 0 Å². The summed E-state index contributed by atoms with van der Waals surface area (Å²) in [5.74, 6) is 2.07. The van der Waals surface area contributed by atoms with E-state index < -0.39 is 35.7 Å². The van der Waals surface area contributed by atoms with Crippen LogP contribution >= 0.6 is 11.8 Å². The van der Waals surface area contributed by atoms with Crippen molar-refractivity contribution >= 4 is 17.5 Å². The van der Waals surface area contributed by atoms with Crippen LogP contribution in [0.25, 0.3) is 10.4 Å². The van der Waals surface area contributed by atoms with E-state index in [9.17, 15) is 19.5 Å². The SMILES string of the molecule is CCSCCCCCCCCCCC(=O)C(O)[C@H]1O[C@@H](n2cc(C)c(=O)[nH]c2=O)C[C@@H]1N=[N+]=[N-]. The maximum Gasteiger partial charge on any atom is 0.330 e. The van der Waals surface area contributed by atoms with E-state index in [4.69, 9.17) is 10.3 Å². The summed E-state index contributed by atoms with van der Waals surface area (Å²) in [6, 6.07) is -0.802. The number of Topliss-reactive ketones (excluding diaryl/α,β-unsaturated/α-hetero) is 1. The molecule has 0 aromatic carbocycles. The Hall–Kier alpha value is -2.07. The Bertz CT molecular complexity index is 942. The molecule has 0 saturated carbocycles. The number of hydrogen-bond donors (Lipinski definition) is 2. The predicted molar refractivity (Wildman–Crippen MR) is 133 cm³/mol. The summed E-state index contributed by atoms with van der Waals surface area (Å²) < 4.78 is 6.97. The van der Waals surface area contributed by atoms with Crippen molar-refractivity contribution in [3.05, 3.63) is 43.0 Å². The van der Waals surface area contributed by atoms with Crippen LogP contribution in [0.5, 0.6) is 0 Å². The van der Waals surface area contributed by atoms with Crippen LogP contribution in [0.3, 0.4) is 0 Å². The highest BCUT2D eigenvalue weighted by molar-refractivity contribution is 7.99. The van der Waals surface area contributed by atoms with Crippen LogP contribution in [-0.2, 0) is 9.53 Å². The number of ketones is 1. The molecular formula is C23H37N5O5S. The molecule has 1 aromatic rings. The van der Waals surface area contributed by atoms with Gasteiger partial charge in [0.2, 0.25) is 0 Å². The first kappa shape index (κ1) is 28.2. The zero-order valence-electron chi connectivity index (χ0n) is 20.1. The van der Waals surface area contributed by atoms with E-state index in [0.717, 1.165) is 19.3 Å². The number of nitrogens with one attached hydrogen (secondary N) is 1. The highest BCUT2D eigenvalue weighted by Gasteiger charge is 2.42. The summed E-state index contributed by atoms with van der Waals surface area (Å²) in [4.78, 5) is 41.4. The number of hydrogen-bond acceptors (Lipinski definition) is 7. The summed E-state index contributed by atoms with van der Waals surface area (Å²) in [5.41, 5.74) is 8.05. The number of nitrogens with zero attached hydrogens (tertiary/aromatic N) is 4. The molecule has 0 radical (unpaired) electrons. The normalized spacial score (nSPS) is 20.7. The number of H-pyrrole nitrogens is 1. The van der Waals surface area contributed by atoms with Crippen molar-refractivity contribution < 1.29 is 14.6 Å². The fourth-order valence-corrected chi connectivity index (χ4v) is 4.85. The van der Waals surface area contributed by atoms with Gasteiger partial charge >= 0.3 is 5.69 Å². The topological polar surface area (TPSA) is 150 Å². The molecule has 0 bridgehead atoms. The third kappa shape index (κ3) is 8.61. The molecule has 190 valence electrons. The van der Waals surface area contributed by atoms with E-state index in [1.54, 1.807) is 6.92 Å². The molecule has 1 aromatic heterocycles. The Morgan fingerprint density at radius 2 is 1.91 bits per heavy atom. The molecule has 0 aliphatic carbocycles. The maximum absolute atomic E-state index is 12.6. The van der Waals surface area contributed by atoms with Crippen LogP contribution in [0.2, 0.25) is 0 Å². The van der Waals surface area contributed by atoms with Crippen LogP contribution < -0.4 is 11.2 Å². The number of ether oxygens (including phenoxy) is 1. The standard InChI is InChI=1S/C23H37N5O5S/c1-3-34-13-11-9-7-5-4-6-8-10-12-18(29)20(30)21-17(26-27-24)14-19(33-21)28-15-16(2)22(31)25-23(28)32/h15,17,19-21,30H,3-14H2,1-2H3,(H,25,31,32)/t17-,19+,20?,21-/m0/s1. The molecule has 1 unspecified atom stereocenters. The highest BCUT2D eigenvalue weighted by atomic mass is 32.2. The smallest absolute Gasteiger partial charge is 0.330 e. The maximum atomic E-state index is 12.6. The lowest BCUT2D eigenvalue weighted by molar-refractivity contribution is -0.137. The fourth-order valence-electron chi connectivity index (χ4n) is 4.15. The predicted octanol–water partition coefficient (Wildman–Crippen LogP) is 4.01. The number of carbonyl (C=O) groups excluding carboxylic acids is 1. The van der Waals surface area contributed by atoms with Gasteiger partial charge in [-0.15, -0.1) is 0 Å². The molecule has 1 aliphatic rings. The molecule has 1 saturated heterocycles. The molecule has 2 N–H and O–H groups in total.